The monoisotopic (exact) mass is 314 g/mol. The number of aliphatic hydroxyl groups excluding tert-OH is 1. The molecular weight excluding hydrogens is 294 g/mol. The maximum absolute atomic E-state index is 12.0. The van der Waals surface area contributed by atoms with Gasteiger partial charge in [-0.15, -0.1) is 0 Å². The predicted octanol–water partition coefficient (Wildman–Crippen LogP) is -0.571. The van der Waals surface area contributed by atoms with Crippen molar-refractivity contribution in [2.75, 3.05) is 5.75 Å². The molecule has 6 atom stereocenters. The molecule has 0 aliphatic carbocycles. The van der Waals surface area contributed by atoms with Gasteiger partial charge in [-0.2, -0.15) is 8.42 Å². The van der Waals surface area contributed by atoms with Crippen LogP contribution in [0.5, 0.6) is 0 Å². The van der Waals surface area contributed by atoms with Crippen LogP contribution in [0, 0.1) is 0 Å². The predicted molar refractivity (Wildman–Crippen MR) is 77.6 cm³/mol. The minimum Gasteiger partial charge on any atom is -0.390 e. The Morgan fingerprint density at radius 2 is 1.81 bits per heavy atom. The summed E-state index contributed by atoms with van der Waals surface area (Å²) in [7, 11) is 7.47. The molecule has 0 saturated carbocycles. The topological polar surface area (TPSA) is 82.1 Å². The number of ether oxygens (including phenoxy) is 2. The first-order valence-electron chi connectivity index (χ1n) is 7.22. The first-order chi connectivity index (χ1) is 9.80. The van der Waals surface area contributed by atoms with Crippen molar-refractivity contribution in [2.24, 2.45) is 0 Å². The van der Waals surface area contributed by atoms with Crippen LogP contribution in [-0.2, 0) is 23.8 Å². The molecule has 116 valence electrons. The van der Waals surface area contributed by atoms with Crippen LogP contribution in [0.4, 0.5) is 0 Å². The molecule has 1 N–H and O–H groups in total. The Morgan fingerprint density at radius 1 is 1.19 bits per heavy atom. The third-order valence-electron chi connectivity index (χ3n) is 3.81. The Balaban J connectivity index is 1.84. The van der Waals surface area contributed by atoms with Crippen molar-refractivity contribution in [2.45, 2.75) is 69.0 Å². The first kappa shape index (κ1) is 17.3. The summed E-state index contributed by atoms with van der Waals surface area (Å²) in [5.74, 6) is -0.233. The Hall–Kier alpha value is -0.0801. The minimum absolute atomic E-state index is 0.146. The van der Waals surface area contributed by atoms with Gasteiger partial charge in [0.25, 0.3) is 10.1 Å². The molecule has 0 amide bonds. The molecule has 2 aliphatic rings. The van der Waals surface area contributed by atoms with Crippen LogP contribution >= 0.6 is 0 Å². The summed E-state index contributed by atoms with van der Waals surface area (Å²) in [4.78, 5) is 0. The first-order valence-corrected chi connectivity index (χ1v) is 8.79. The van der Waals surface area contributed by atoms with E-state index in [9.17, 15) is 13.5 Å². The Bertz CT molecular complexity index is 445. The fraction of sp³-hybridized carbons (Fsp3) is 1.00. The van der Waals surface area contributed by atoms with Crippen LogP contribution in [0.25, 0.3) is 0 Å². The quantitative estimate of drug-likeness (QED) is 0.522. The van der Waals surface area contributed by atoms with Crippen molar-refractivity contribution in [3.63, 3.8) is 0 Å². The molecule has 2 rings (SSSR count). The van der Waals surface area contributed by atoms with Crippen LogP contribution in [0.3, 0.4) is 0 Å². The molecule has 21 heavy (non-hydrogen) atoms. The molecule has 0 aromatic heterocycles. The summed E-state index contributed by atoms with van der Waals surface area (Å²) >= 11 is 0. The normalized spacial score (nSPS) is 40.7. The largest absolute Gasteiger partial charge is 0.390 e. The van der Waals surface area contributed by atoms with Crippen LogP contribution < -0.4 is 0 Å². The van der Waals surface area contributed by atoms with Gasteiger partial charge in [-0.05, 0) is 25.7 Å². The van der Waals surface area contributed by atoms with Gasteiger partial charge in [-0.25, -0.2) is 0 Å². The molecule has 9 heteroatoms. The van der Waals surface area contributed by atoms with Crippen molar-refractivity contribution in [3.8, 4) is 0 Å². The Labute approximate surface area is 128 Å². The average molecular weight is 314 g/mol. The van der Waals surface area contributed by atoms with E-state index in [1.54, 1.807) is 0 Å². The molecule has 0 bridgehead atoms. The number of hydrogen-bond acceptors (Lipinski definition) is 6. The highest BCUT2D eigenvalue weighted by Crippen LogP contribution is 2.26. The molecule has 6 unspecified atom stereocenters. The van der Waals surface area contributed by atoms with Gasteiger partial charge in [-0.3, -0.25) is 4.18 Å². The smallest absolute Gasteiger partial charge is 0.267 e. The molecule has 2 fully saturated rings. The van der Waals surface area contributed by atoms with Gasteiger partial charge in [0, 0.05) is 12.0 Å². The van der Waals surface area contributed by atoms with Gasteiger partial charge in [0.2, 0.25) is 0 Å². The van der Waals surface area contributed by atoms with Crippen LogP contribution in [-0.4, -0.2) is 71.4 Å². The summed E-state index contributed by atoms with van der Waals surface area (Å²) in [6.07, 6.45) is -0.715. The Morgan fingerprint density at radius 3 is 2.38 bits per heavy atom. The van der Waals surface area contributed by atoms with Crippen LogP contribution in [0.15, 0.2) is 0 Å². The lowest BCUT2D eigenvalue weighted by Gasteiger charge is -2.18. The third-order valence-corrected chi connectivity index (χ3v) is 5.08. The van der Waals surface area contributed by atoms with Gasteiger partial charge in [0.05, 0.1) is 24.1 Å². The van der Waals surface area contributed by atoms with Crippen LogP contribution in [0.1, 0.15) is 32.6 Å². The molecule has 6 nitrogen and oxygen atoms in total. The molecule has 4 radical (unpaired) electrons. The number of rotatable bonds is 6. The molecule has 0 aromatic rings. The summed E-state index contributed by atoms with van der Waals surface area (Å²) in [5.41, 5.74) is 0. The Kier molecular flexibility index (Phi) is 5.76. The molecular formula is C12H20B2O6S. The highest BCUT2D eigenvalue weighted by atomic mass is 32.2. The second-order valence-electron chi connectivity index (χ2n) is 5.56. The van der Waals surface area contributed by atoms with E-state index in [4.69, 9.17) is 29.3 Å². The maximum Gasteiger partial charge on any atom is 0.267 e. The van der Waals surface area contributed by atoms with E-state index in [2.05, 4.69) is 0 Å². The lowest BCUT2D eigenvalue weighted by atomic mass is 9.96. The van der Waals surface area contributed by atoms with Crippen LogP contribution in [0.2, 0.25) is 0 Å². The number of aliphatic hydroxyl groups is 1. The van der Waals surface area contributed by atoms with Gasteiger partial charge < -0.3 is 14.6 Å². The molecule has 0 spiro atoms. The second kappa shape index (κ2) is 7.00. The van der Waals surface area contributed by atoms with E-state index in [1.165, 1.54) is 0 Å². The standard InChI is InChI=1S/C12H20B2O6S/c1-2-8-10(6-12(14)18-8)20-21(16,17)4-3-9-7(15)5-11(13)19-9/h7-12,15H,2-6H2,1H3. The van der Waals surface area contributed by atoms with Crippen molar-refractivity contribution < 1.29 is 27.2 Å². The van der Waals surface area contributed by atoms with E-state index in [0.29, 0.717) is 19.3 Å². The lowest BCUT2D eigenvalue weighted by molar-refractivity contribution is 0.0290. The summed E-state index contributed by atoms with van der Waals surface area (Å²) < 4.78 is 39.9. The molecule has 2 saturated heterocycles. The number of hydrogen-bond donors (Lipinski definition) is 1. The third kappa shape index (κ3) is 4.69. The van der Waals surface area contributed by atoms with E-state index in [1.807, 2.05) is 6.92 Å². The van der Waals surface area contributed by atoms with Crippen molar-refractivity contribution >= 4 is 25.8 Å². The zero-order valence-electron chi connectivity index (χ0n) is 12.1. The second-order valence-corrected chi connectivity index (χ2v) is 7.27. The molecule has 2 heterocycles. The van der Waals surface area contributed by atoms with Gasteiger partial charge in [0.15, 0.2) is 0 Å². The summed E-state index contributed by atoms with van der Waals surface area (Å²) in [6.45, 7) is 1.88. The van der Waals surface area contributed by atoms with E-state index < -0.39 is 40.4 Å². The SMILES string of the molecule is [B]C1CC(O)C(CCS(=O)(=O)OC2CC([B])OC2CC)O1. The highest BCUT2D eigenvalue weighted by molar-refractivity contribution is 7.86. The van der Waals surface area contributed by atoms with Crippen molar-refractivity contribution in [1.29, 1.82) is 0 Å². The van der Waals surface area contributed by atoms with E-state index >= 15 is 0 Å². The molecule has 2 aliphatic heterocycles. The van der Waals surface area contributed by atoms with Gasteiger partial charge in [0.1, 0.15) is 21.8 Å². The minimum atomic E-state index is -3.73. The lowest BCUT2D eigenvalue weighted by Crippen LogP contribution is -2.30. The zero-order chi connectivity index (χ0) is 15.6. The zero-order valence-corrected chi connectivity index (χ0v) is 12.9. The summed E-state index contributed by atoms with van der Waals surface area (Å²) in [5, 5.41) is 9.68. The van der Waals surface area contributed by atoms with Gasteiger partial charge >= 0.3 is 0 Å². The van der Waals surface area contributed by atoms with Crippen molar-refractivity contribution in [3.05, 3.63) is 0 Å². The summed E-state index contributed by atoms with van der Waals surface area (Å²) in [6, 6.07) is -1.03. The van der Waals surface area contributed by atoms with Gasteiger partial charge in [-0.1, -0.05) is 6.92 Å². The highest BCUT2D eigenvalue weighted by Gasteiger charge is 2.37. The fourth-order valence-corrected chi connectivity index (χ4v) is 3.92. The van der Waals surface area contributed by atoms with E-state index in [0.717, 1.165) is 0 Å². The molecule has 0 aromatic carbocycles. The van der Waals surface area contributed by atoms with E-state index in [-0.39, 0.29) is 18.3 Å². The maximum atomic E-state index is 12.0. The fourth-order valence-electron chi connectivity index (χ4n) is 2.73. The average Bonchev–Trinajstić information content (AvgIpc) is 2.88. The van der Waals surface area contributed by atoms with Crippen molar-refractivity contribution in [1.82, 2.24) is 0 Å².